The Balaban J connectivity index is 1.29. The third kappa shape index (κ3) is 5.86. The van der Waals surface area contributed by atoms with E-state index in [1.807, 2.05) is 54.6 Å². The highest BCUT2D eigenvalue weighted by Gasteiger charge is 2.33. The van der Waals surface area contributed by atoms with E-state index in [-0.39, 0.29) is 0 Å². The molecule has 3 aliphatic rings. The van der Waals surface area contributed by atoms with Gasteiger partial charge in [0.15, 0.2) is 0 Å². The summed E-state index contributed by atoms with van der Waals surface area (Å²) in [7, 11) is 0. The zero-order chi connectivity index (χ0) is 25.8. The number of nitrogens with zero attached hydrogens (tertiary/aromatic N) is 2. The quantitative estimate of drug-likeness (QED) is 0.545. The predicted octanol–water partition coefficient (Wildman–Crippen LogP) is 4.73. The smallest absolute Gasteiger partial charge is 0.329 e. The van der Waals surface area contributed by atoms with Crippen LogP contribution in [-0.2, 0) is 15.1 Å². The van der Waals surface area contributed by atoms with Gasteiger partial charge in [0.05, 0.1) is 5.60 Å². The molecule has 0 amide bonds. The van der Waals surface area contributed by atoms with Gasteiger partial charge in [0.2, 0.25) is 5.88 Å². The van der Waals surface area contributed by atoms with Crippen LogP contribution in [0.25, 0.3) is 5.57 Å². The third-order valence-electron chi connectivity index (χ3n) is 6.99. The summed E-state index contributed by atoms with van der Waals surface area (Å²) < 4.78 is 11.7. The fourth-order valence-electron chi connectivity index (χ4n) is 4.94. The second-order valence-electron chi connectivity index (χ2n) is 9.43. The van der Waals surface area contributed by atoms with E-state index in [1.165, 1.54) is 0 Å². The van der Waals surface area contributed by atoms with Crippen molar-refractivity contribution >= 4 is 23.1 Å². The third-order valence-corrected chi connectivity index (χ3v) is 7.24. The maximum Gasteiger partial charge on any atom is 0.329 e. The number of hydrogen-bond donors (Lipinski definition) is 2. The summed E-state index contributed by atoms with van der Waals surface area (Å²) >= 11 is 6.01. The second-order valence-corrected chi connectivity index (χ2v) is 9.86. The molecule has 37 heavy (non-hydrogen) atoms. The van der Waals surface area contributed by atoms with Gasteiger partial charge in [-0.1, -0.05) is 42.0 Å². The molecule has 7 nitrogen and oxygen atoms in total. The molecule has 2 aliphatic heterocycles. The maximum absolute atomic E-state index is 11.2. The molecule has 3 heterocycles. The fourth-order valence-corrected chi connectivity index (χ4v) is 5.07. The SMILES string of the molecule is O=C(O)COC1C=CC=C2Oc3ncccc3C(=CCCN3CCC(O)(c4ccc(Cl)cc4)CC3)C=C21. The molecule has 0 spiro atoms. The molecule has 1 saturated heterocycles. The summed E-state index contributed by atoms with van der Waals surface area (Å²) in [6.07, 6.45) is 12.9. The summed E-state index contributed by atoms with van der Waals surface area (Å²) in [6.45, 7) is 2.05. The second kappa shape index (κ2) is 11.0. The van der Waals surface area contributed by atoms with Crippen LogP contribution in [0.5, 0.6) is 5.88 Å². The topological polar surface area (TPSA) is 92.1 Å². The summed E-state index contributed by atoms with van der Waals surface area (Å²) in [5.41, 5.74) is 2.68. The number of rotatable bonds is 7. The molecule has 0 bridgehead atoms. The lowest BCUT2D eigenvalue weighted by atomic mass is 9.84. The van der Waals surface area contributed by atoms with E-state index in [0.717, 1.165) is 48.3 Å². The lowest BCUT2D eigenvalue weighted by Crippen LogP contribution is -2.42. The predicted molar refractivity (Wildman–Crippen MR) is 141 cm³/mol. The summed E-state index contributed by atoms with van der Waals surface area (Å²) in [5.74, 6) is 0.0770. The monoisotopic (exact) mass is 520 g/mol. The number of halogens is 1. The molecule has 1 aliphatic carbocycles. The van der Waals surface area contributed by atoms with Crippen molar-refractivity contribution in [3.63, 3.8) is 0 Å². The van der Waals surface area contributed by atoms with Gasteiger partial charge >= 0.3 is 5.97 Å². The first-order chi connectivity index (χ1) is 17.9. The van der Waals surface area contributed by atoms with Gasteiger partial charge in [-0.15, -0.1) is 0 Å². The van der Waals surface area contributed by atoms with Crippen LogP contribution in [0.3, 0.4) is 0 Å². The number of carbonyl (C=O) groups is 1. The normalized spacial score (nSPS) is 21.8. The molecule has 1 aromatic heterocycles. The Hall–Kier alpha value is -3.23. The Kier molecular flexibility index (Phi) is 7.58. The van der Waals surface area contributed by atoms with Crippen LogP contribution in [0.2, 0.25) is 5.02 Å². The van der Waals surface area contributed by atoms with E-state index in [0.29, 0.717) is 29.5 Å². The number of allylic oxidation sites excluding steroid dienone is 4. The highest BCUT2D eigenvalue weighted by Crippen LogP contribution is 2.37. The minimum absolute atomic E-state index is 0.402. The first-order valence-electron chi connectivity index (χ1n) is 12.4. The molecule has 2 N–H and O–H groups in total. The number of hydrogen-bond acceptors (Lipinski definition) is 6. The van der Waals surface area contributed by atoms with Crippen molar-refractivity contribution < 1.29 is 24.5 Å². The number of pyridine rings is 1. The van der Waals surface area contributed by atoms with Crippen molar-refractivity contribution in [3.05, 3.63) is 100 Å². The average Bonchev–Trinajstić information content (AvgIpc) is 3.06. The van der Waals surface area contributed by atoms with Crippen molar-refractivity contribution in [1.82, 2.24) is 9.88 Å². The Morgan fingerprint density at radius 3 is 2.78 bits per heavy atom. The number of benzene rings is 1. The lowest BCUT2D eigenvalue weighted by molar-refractivity contribution is -0.142. The van der Waals surface area contributed by atoms with Gasteiger partial charge in [0.1, 0.15) is 18.5 Å². The van der Waals surface area contributed by atoms with Crippen LogP contribution >= 0.6 is 11.6 Å². The Labute approximate surface area is 221 Å². The number of ether oxygens (including phenoxy) is 2. The van der Waals surface area contributed by atoms with Crippen molar-refractivity contribution in [2.75, 3.05) is 26.2 Å². The van der Waals surface area contributed by atoms with Crippen LogP contribution in [0.1, 0.15) is 30.4 Å². The van der Waals surface area contributed by atoms with Crippen molar-refractivity contribution in [1.29, 1.82) is 0 Å². The molecule has 1 aromatic carbocycles. The number of carboxylic acid groups (broad SMARTS) is 1. The van der Waals surface area contributed by atoms with E-state index in [9.17, 15) is 9.90 Å². The standard InChI is InChI=1S/C29H29ClN2O5/c30-22-10-8-21(9-11-22)29(35)12-16-32(17-13-29)15-3-4-20-18-24-25(36-19-27(33)34)6-1-7-26(24)37-28-23(20)5-2-14-31-28/h1-2,4-11,14,18,25,35H,3,12-13,15-17,19H2,(H,33,34). The Morgan fingerprint density at radius 2 is 2.03 bits per heavy atom. The van der Waals surface area contributed by atoms with Crippen molar-refractivity contribution in [2.45, 2.75) is 31.0 Å². The van der Waals surface area contributed by atoms with Gasteiger partial charge in [-0.05, 0) is 66.8 Å². The fraction of sp³-hybridized carbons (Fsp3) is 0.310. The van der Waals surface area contributed by atoms with Gasteiger partial charge in [0.25, 0.3) is 0 Å². The number of aromatic nitrogens is 1. The highest BCUT2D eigenvalue weighted by atomic mass is 35.5. The van der Waals surface area contributed by atoms with Gasteiger partial charge in [-0.25, -0.2) is 9.78 Å². The average molecular weight is 521 g/mol. The number of fused-ring (bicyclic) bond motifs is 2. The van der Waals surface area contributed by atoms with Crippen LogP contribution in [0.15, 0.2) is 84.3 Å². The van der Waals surface area contributed by atoms with E-state index in [1.54, 1.807) is 12.3 Å². The van der Waals surface area contributed by atoms with Crippen molar-refractivity contribution in [2.24, 2.45) is 0 Å². The first-order valence-corrected chi connectivity index (χ1v) is 12.8. The molecule has 8 heteroatoms. The molecule has 1 fully saturated rings. The molecule has 0 saturated carbocycles. The molecule has 1 atom stereocenters. The van der Waals surface area contributed by atoms with Crippen LogP contribution < -0.4 is 4.74 Å². The highest BCUT2D eigenvalue weighted by molar-refractivity contribution is 6.30. The van der Waals surface area contributed by atoms with E-state index < -0.39 is 24.3 Å². The van der Waals surface area contributed by atoms with E-state index >= 15 is 0 Å². The summed E-state index contributed by atoms with van der Waals surface area (Å²) in [6, 6.07) is 11.3. The number of aliphatic hydroxyl groups is 1. The van der Waals surface area contributed by atoms with Gasteiger partial charge < -0.3 is 24.6 Å². The molecule has 5 rings (SSSR count). The largest absolute Gasteiger partial charge is 0.480 e. The van der Waals surface area contributed by atoms with Gasteiger partial charge in [0, 0.05) is 42.0 Å². The molecule has 2 aromatic rings. The molecular formula is C29H29ClN2O5. The van der Waals surface area contributed by atoms with Crippen molar-refractivity contribution in [3.8, 4) is 5.88 Å². The Bertz CT molecular complexity index is 1270. The zero-order valence-corrected chi connectivity index (χ0v) is 21.1. The Morgan fingerprint density at radius 1 is 1.24 bits per heavy atom. The van der Waals surface area contributed by atoms with Crippen LogP contribution in [-0.4, -0.2) is 58.4 Å². The van der Waals surface area contributed by atoms with E-state index in [2.05, 4.69) is 16.0 Å². The van der Waals surface area contributed by atoms with Crippen LogP contribution in [0.4, 0.5) is 0 Å². The van der Waals surface area contributed by atoms with Crippen LogP contribution in [0, 0.1) is 0 Å². The number of aliphatic carboxylic acids is 1. The number of piperidine rings is 1. The number of carboxylic acids is 1. The molecular weight excluding hydrogens is 492 g/mol. The minimum atomic E-state index is -1.02. The maximum atomic E-state index is 11.2. The summed E-state index contributed by atoms with van der Waals surface area (Å²) in [4.78, 5) is 17.9. The summed E-state index contributed by atoms with van der Waals surface area (Å²) in [5, 5.41) is 20.9. The molecule has 0 radical (unpaired) electrons. The molecule has 1 unspecified atom stereocenters. The number of likely N-dealkylation sites (tertiary alicyclic amines) is 1. The van der Waals surface area contributed by atoms with E-state index in [4.69, 9.17) is 26.2 Å². The van der Waals surface area contributed by atoms with Gasteiger partial charge in [-0.3, -0.25) is 0 Å². The zero-order valence-electron chi connectivity index (χ0n) is 20.3. The van der Waals surface area contributed by atoms with Gasteiger partial charge in [-0.2, -0.15) is 0 Å². The minimum Gasteiger partial charge on any atom is -0.480 e. The molecule has 192 valence electrons. The first kappa shape index (κ1) is 25.4. The lowest BCUT2D eigenvalue weighted by Gasteiger charge is -2.38.